The van der Waals surface area contributed by atoms with Crippen LogP contribution in [0.2, 0.25) is 0 Å². The van der Waals surface area contributed by atoms with Gasteiger partial charge in [-0.1, -0.05) is 13.2 Å². The molecule has 1 N–H and O–H groups in total. The van der Waals surface area contributed by atoms with Crippen LogP contribution < -0.4 is 5.32 Å². The highest BCUT2D eigenvalue weighted by atomic mass is 15.3. The van der Waals surface area contributed by atoms with E-state index in [0.29, 0.717) is 11.0 Å². The van der Waals surface area contributed by atoms with Crippen LogP contribution in [-0.2, 0) is 0 Å². The molecule has 0 saturated carbocycles. The van der Waals surface area contributed by atoms with Crippen molar-refractivity contribution >= 4 is 0 Å². The van der Waals surface area contributed by atoms with Crippen LogP contribution in [0.3, 0.4) is 0 Å². The fourth-order valence-electron chi connectivity index (χ4n) is 2.01. The predicted molar refractivity (Wildman–Crippen MR) is 59.9 cm³/mol. The molecule has 2 rings (SSSR count). The zero-order valence-corrected chi connectivity index (χ0v) is 8.79. The summed E-state index contributed by atoms with van der Waals surface area (Å²) in [6, 6.07) is 1.98. The number of hydrogen-bond donors (Lipinski definition) is 1. The largest absolute Gasteiger partial charge is 0.371 e. The Bertz CT molecular complexity index is 361. The fourth-order valence-corrected chi connectivity index (χ4v) is 2.01. The van der Waals surface area contributed by atoms with Crippen LogP contribution in [-0.4, -0.2) is 31.1 Å². The third kappa shape index (κ3) is 1.81. The summed E-state index contributed by atoms with van der Waals surface area (Å²) in [6.07, 6.45) is 3.58. The van der Waals surface area contributed by atoms with E-state index in [1.165, 1.54) is 0 Å². The minimum atomic E-state index is 0.469. The molecule has 0 radical (unpaired) electrons. The molecule has 3 nitrogen and oxygen atoms in total. The first-order valence-electron chi connectivity index (χ1n) is 5.07. The molecule has 0 aromatic rings. The van der Waals surface area contributed by atoms with Gasteiger partial charge in [0.25, 0.3) is 0 Å². The molecule has 1 spiro atoms. The van der Waals surface area contributed by atoms with Crippen molar-refractivity contribution in [1.82, 2.24) is 10.2 Å². The van der Waals surface area contributed by atoms with Gasteiger partial charge in [-0.3, -0.25) is 0 Å². The van der Waals surface area contributed by atoms with Gasteiger partial charge in [0.2, 0.25) is 0 Å². The van der Waals surface area contributed by atoms with Crippen molar-refractivity contribution in [3.63, 3.8) is 0 Å². The van der Waals surface area contributed by atoms with Gasteiger partial charge < -0.3 is 10.2 Å². The third-order valence-corrected chi connectivity index (χ3v) is 3.08. The van der Waals surface area contributed by atoms with E-state index in [0.717, 1.165) is 31.9 Å². The van der Waals surface area contributed by atoms with Gasteiger partial charge in [0.05, 0.1) is 6.07 Å². The van der Waals surface area contributed by atoms with Crippen molar-refractivity contribution in [2.24, 2.45) is 5.41 Å². The second-order valence-corrected chi connectivity index (χ2v) is 4.42. The van der Waals surface area contributed by atoms with Gasteiger partial charge in [0, 0.05) is 42.9 Å². The van der Waals surface area contributed by atoms with E-state index >= 15 is 0 Å². The van der Waals surface area contributed by atoms with E-state index in [1.807, 2.05) is 12.1 Å². The van der Waals surface area contributed by atoms with Crippen LogP contribution >= 0.6 is 0 Å². The molecule has 0 aromatic heterocycles. The lowest BCUT2D eigenvalue weighted by Gasteiger charge is -2.57. The first-order chi connectivity index (χ1) is 7.15. The summed E-state index contributed by atoms with van der Waals surface area (Å²) in [6.45, 7) is 12.0. The molecular formula is C12H15N3. The second-order valence-electron chi connectivity index (χ2n) is 4.42. The Kier molecular flexibility index (Phi) is 2.37. The van der Waals surface area contributed by atoms with E-state index in [2.05, 4.69) is 23.4 Å². The van der Waals surface area contributed by atoms with Gasteiger partial charge in [-0.15, -0.1) is 0 Å². The summed E-state index contributed by atoms with van der Waals surface area (Å²) in [4.78, 5) is 2.24. The van der Waals surface area contributed by atoms with E-state index in [1.54, 1.807) is 6.08 Å². The van der Waals surface area contributed by atoms with Crippen LogP contribution in [0, 0.1) is 16.7 Å². The zero-order chi connectivity index (χ0) is 10.9. The maximum absolute atomic E-state index is 8.54. The Balaban J connectivity index is 1.82. The second kappa shape index (κ2) is 3.56. The fraction of sp³-hybridized carbons (Fsp3) is 0.417. The maximum Gasteiger partial charge on any atom is 0.0985 e. The molecule has 78 valence electrons. The van der Waals surface area contributed by atoms with E-state index in [9.17, 15) is 0 Å². The average Bonchev–Trinajstić information content (AvgIpc) is 2.09. The van der Waals surface area contributed by atoms with Gasteiger partial charge in [0.1, 0.15) is 0 Å². The highest BCUT2D eigenvalue weighted by molar-refractivity contribution is 5.34. The highest BCUT2D eigenvalue weighted by Crippen LogP contribution is 2.36. The van der Waals surface area contributed by atoms with Crippen molar-refractivity contribution in [2.45, 2.75) is 0 Å². The average molecular weight is 201 g/mol. The summed E-state index contributed by atoms with van der Waals surface area (Å²) in [7, 11) is 0. The summed E-state index contributed by atoms with van der Waals surface area (Å²) in [5.41, 5.74) is 1.96. The van der Waals surface area contributed by atoms with Crippen molar-refractivity contribution in [3.05, 3.63) is 36.6 Å². The topological polar surface area (TPSA) is 39.1 Å². The van der Waals surface area contributed by atoms with Crippen molar-refractivity contribution in [2.75, 3.05) is 26.2 Å². The standard InChI is InChI=1S/C12H15N3/c1-10(5-13)3-4-11(2)15-8-12(9-15)6-14-7-12/h3-4,14H,1-2,6-9H2/b4-3-. The van der Waals surface area contributed by atoms with Crippen LogP contribution in [0.15, 0.2) is 36.6 Å². The van der Waals surface area contributed by atoms with Crippen molar-refractivity contribution in [1.29, 1.82) is 5.26 Å². The van der Waals surface area contributed by atoms with Gasteiger partial charge in [-0.25, -0.2) is 0 Å². The normalized spacial score (nSPS) is 21.9. The minimum Gasteiger partial charge on any atom is -0.371 e. The number of nitrogens with zero attached hydrogens (tertiary/aromatic N) is 2. The van der Waals surface area contributed by atoms with Crippen LogP contribution in [0.25, 0.3) is 0 Å². The Morgan fingerprint density at radius 3 is 2.47 bits per heavy atom. The van der Waals surface area contributed by atoms with E-state index in [4.69, 9.17) is 5.26 Å². The Morgan fingerprint density at radius 1 is 1.33 bits per heavy atom. The Labute approximate surface area is 90.4 Å². The van der Waals surface area contributed by atoms with Crippen molar-refractivity contribution in [3.8, 4) is 6.07 Å². The number of nitriles is 1. The highest BCUT2D eigenvalue weighted by Gasteiger charge is 2.47. The number of rotatable bonds is 3. The molecule has 2 aliphatic rings. The molecule has 3 heteroatoms. The number of likely N-dealkylation sites (tertiary alicyclic amines) is 1. The molecule has 2 fully saturated rings. The quantitative estimate of drug-likeness (QED) is 0.548. The lowest BCUT2D eigenvalue weighted by molar-refractivity contribution is -0.0134. The number of hydrogen-bond acceptors (Lipinski definition) is 3. The van der Waals surface area contributed by atoms with Crippen molar-refractivity contribution < 1.29 is 0 Å². The Morgan fingerprint density at radius 2 is 2.00 bits per heavy atom. The van der Waals surface area contributed by atoms with Crippen LogP contribution in [0.5, 0.6) is 0 Å². The summed E-state index contributed by atoms with van der Waals surface area (Å²) in [5.74, 6) is 0. The van der Waals surface area contributed by atoms with Gasteiger partial charge >= 0.3 is 0 Å². The lowest BCUT2D eigenvalue weighted by Crippen LogP contribution is -2.70. The zero-order valence-electron chi connectivity index (χ0n) is 8.79. The summed E-state index contributed by atoms with van der Waals surface area (Å²) < 4.78 is 0. The smallest absolute Gasteiger partial charge is 0.0985 e. The lowest BCUT2D eigenvalue weighted by atomic mass is 9.74. The molecular weight excluding hydrogens is 186 g/mol. The van der Waals surface area contributed by atoms with Gasteiger partial charge in [0.15, 0.2) is 0 Å². The number of allylic oxidation sites excluding steroid dienone is 3. The summed E-state index contributed by atoms with van der Waals surface area (Å²) in [5, 5.41) is 11.8. The monoisotopic (exact) mass is 201 g/mol. The molecule has 0 unspecified atom stereocenters. The first kappa shape index (κ1) is 10.0. The molecule has 2 aliphatic heterocycles. The van der Waals surface area contributed by atoms with E-state index in [-0.39, 0.29) is 0 Å². The number of nitrogens with one attached hydrogen (secondary N) is 1. The molecule has 0 aliphatic carbocycles. The first-order valence-corrected chi connectivity index (χ1v) is 5.07. The molecule has 0 amide bonds. The van der Waals surface area contributed by atoms with Crippen LogP contribution in [0.1, 0.15) is 0 Å². The molecule has 2 heterocycles. The third-order valence-electron chi connectivity index (χ3n) is 3.08. The van der Waals surface area contributed by atoms with Gasteiger partial charge in [-0.2, -0.15) is 5.26 Å². The molecule has 0 aromatic carbocycles. The minimum absolute atomic E-state index is 0.469. The molecule has 0 bridgehead atoms. The van der Waals surface area contributed by atoms with E-state index < -0.39 is 0 Å². The summed E-state index contributed by atoms with van der Waals surface area (Å²) >= 11 is 0. The maximum atomic E-state index is 8.54. The SMILES string of the molecule is C=C(C#N)/C=C\C(=C)N1CC2(CNC2)C1. The van der Waals surface area contributed by atoms with Gasteiger partial charge in [-0.05, 0) is 12.2 Å². The van der Waals surface area contributed by atoms with Crippen LogP contribution in [0.4, 0.5) is 0 Å². The molecule has 15 heavy (non-hydrogen) atoms. The Hall–Kier alpha value is -1.53. The predicted octanol–water partition coefficient (Wildman–Crippen LogP) is 1.04. The molecule has 0 atom stereocenters. The molecule has 2 saturated heterocycles.